The minimum absolute atomic E-state index is 0.0112. The Balaban J connectivity index is 2.00. The van der Waals surface area contributed by atoms with E-state index in [4.69, 9.17) is 5.73 Å². The van der Waals surface area contributed by atoms with E-state index >= 15 is 0 Å². The summed E-state index contributed by atoms with van der Waals surface area (Å²) in [5.41, 5.74) is 10.9. The number of hydrogen-bond donors (Lipinski definition) is 3. The van der Waals surface area contributed by atoms with Crippen LogP contribution < -0.4 is 16.4 Å². The lowest BCUT2D eigenvalue weighted by Crippen LogP contribution is -2.19. The number of carbonyl (C=O) groups is 1. The minimum atomic E-state index is -0.251. The first-order valence-electron chi connectivity index (χ1n) is 7.52. The Morgan fingerprint density at radius 1 is 1.09 bits per heavy atom. The van der Waals surface area contributed by atoms with Gasteiger partial charge in [-0.1, -0.05) is 25.1 Å². The van der Waals surface area contributed by atoms with Crippen LogP contribution >= 0.6 is 0 Å². The zero-order valence-corrected chi connectivity index (χ0v) is 13.3. The number of hydrogen-bond acceptors (Lipinski definition) is 2. The number of nitrogens with one attached hydrogen (secondary N) is 2. The monoisotopic (exact) mass is 297 g/mol. The Bertz CT molecular complexity index is 648. The predicted molar refractivity (Wildman–Crippen MR) is 92.2 cm³/mol. The van der Waals surface area contributed by atoms with Gasteiger partial charge in [-0.3, -0.25) is 0 Å². The van der Waals surface area contributed by atoms with Crippen molar-refractivity contribution in [1.29, 1.82) is 0 Å². The number of urea groups is 1. The summed E-state index contributed by atoms with van der Waals surface area (Å²) in [7, 11) is 0. The molecule has 0 aromatic heterocycles. The number of amides is 2. The molecule has 2 aromatic carbocycles. The van der Waals surface area contributed by atoms with Crippen molar-refractivity contribution in [2.75, 3.05) is 10.6 Å². The Morgan fingerprint density at radius 3 is 2.27 bits per heavy atom. The largest absolute Gasteiger partial charge is 0.324 e. The fourth-order valence-corrected chi connectivity index (χ4v) is 2.29. The van der Waals surface area contributed by atoms with Crippen molar-refractivity contribution in [2.24, 2.45) is 5.73 Å². The molecular formula is C18H23N3O. The van der Waals surface area contributed by atoms with Gasteiger partial charge in [0.1, 0.15) is 0 Å². The van der Waals surface area contributed by atoms with E-state index in [1.807, 2.05) is 49.4 Å². The van der Waals surface area contributed by atoms with Crippen LogP contribution in [-0.2, 0) is 6.42 Å². The molecule has 0 aliphatic rings. The molecule has 0 fully saturated rings. The van der Waals surface area contributed by atoms with Crippen LogP contribution in [0.25, 0.3) is 0 Å². The van der Waals surface area contributed by atoms with Gasteiger partial charge < -0.3 is 16.4 Å². The van der Waals surface area contributed by atoms with Gasteiger partial charge in [0.05, 0.1) is 0 Å². The van der Waals surface area contributed by atoms with Gasteiger partial charge in [0, 0.05) is 17.4 Å². The molecule has 0 spiro atoms. The van der Waals surface area contributed by atoms with Crippen LogP contribution in [0, 0.1) is 6.92 Å². The van der Waals surface area contributed by atoms with Crippen LogP contribution in [0.15, 0.2) is 42.5 Å². The van der Waals surface area contributed by atoms with E-state index in [9.17, 15) is 4.79 Å². The first kappa shape index (κ1) is 16.0. The number of benzene rings is 2. The normalized spacial score (nSPS) is 11.8. The van der Waals surface area contributed by atoms with Crippen LogP contribution in [0.1, 0.15) is 36.6 Å². The molecule has 116 valence electrons. The standard InChI is InChI=1S/C18H23N3O/c1-4-14-11-17(8-5-12(14)2)21-18(22)20-16-9-6-15(7-10-16)13(3)19/h5-11,13H,4,19H2,1-3H3,(H2,20,21,22). The maximum absolute atomic E-state index is 12.0. The van der Waals surface area contributed by atoms with E-state index in [0.29, 0.717) is 0 Å². The van der Waals surface area contributed by atoms with Gasteiger partial charge in [0.15, 0.2) is 0 Å². The van der Waals surface area contributed by atoms with Crippen molar-refractivity contribution >= 4 is 17.4 Å². The summed E-state index contributed by atoms with van der Waals surface area (Å²) in [6.45, 7) is 6.10. The van der Waals surface area contributed by atoms with Crippen LogP contribution in [0.4, 0.5) is 16.2 Å². The van der Waals surface area contributed by atoms with Gasteiger partial charge in [0.25, 0.3) is 0 Å². The molecule has 0 heterocycles. The summed E-state index contributed by atoms with van der Waals surface area (Å²) in [4.78, 5) is 12.0. The molecule has 22 heavy (non-hydrogen) atoms. The zero-order valence-electron chi connectivity index (χ0n) is 13.3. The molecular weight excluding hydrogens is 274 g/mol. The lowest BCUT2D eigenvalue weighted by atomic mass is 10.1. The zero-order chi connectivity index (χ0) is 16.1. The molecule has 0 radical (unpaired) electrons. The molecule has 1 unspecified atom stereocenters. The number of nitrogens with two attached hydrogens (primary N) is 1. The number of carbonyl (C=O) groups excluding carboxylic acids is 1. The highest BCUT2D eigenvalue weighted by Gasteiger charge is 2.05. The van der Waals surface area contributed by atoms with Crippen molar-refractivity contribution < 1.29 is 4.79 Å². The van der Waals surface area contributed by atoms with Crippen LogP contribution in [0.3, 0.4) is 0 Å². The quantitative estimate of drug-likeness (QED) is 0.791. The lowest BCUT2D eigenvalue weighted by Gasteiger charge is -2.11. The summed E-state index contributed by atoms with van der Waals surface area (Å²) in [6.07, 6.45) is 0.946. The molecule has 4 nitrogen and oxygen atoms in total. The van der Waals surface area contributed by atoms with Gasteiger partial charge in [0.2, 0.25) is 0 Å². The maximum atomic E-state index is 12.0. The molecule has 0 saturated carbocycles. The third-order valence-corrected chi connectivity index (χ3v) is 3.68. The average molecular weight is 297 g/mol. The summed E-state index contributed by atoms with van der Waals surface area (Å²) >= 11 is 0. The highest BCUT2D eigenvalue weighted by molar-refractivity contribution is 5.99. The summed E-state index contributed by atoms with van der Waals surface area (Å²) < 4.78 is 0. The number of anilines is 2. The SMILES string of the molecule is CCc1cc(NC(=O)Nc2ccc(C(C)N)cc2)ccc1C. The molecule has 0 aliphatic carbocycles. The van der Waals surface area contributed by atoms with Gasteiger partial charge in [-0.2, -0.15) is 0 Å². The van der Waals surface area contributed by atoms with Crippen molar-refractivity contribution in [1.82, 2.24) is 0 Å². The smallest absolute Gasteiger partial charge is 0.323 e. The fourth-order valence-electron chi connectivity index (χ4n) is 2.29. The minimum Gasteiger partial charge on any atom is -0.324 e. The Morgan fingerprint density at radius 2 is 1.68 bits per heavy atom. The molecule has 2 aromatic rings. The molecule has 0 aliphatic heterocycles. The number of aryl methyl sites for hydroxylation is 2. The second kappa shape index (κ2) is 7.09. The van der Waals surface area contributed by atoms with E-state index in [1.165, 1.54) is 11.1 Å². The Hall–Kier alpha value is -2.33. The van der Waals surface area contributed by atoms with Crippen molar-refractivity contribution in [3.8, 4) is 0 Å². The van der Waals surface area contributed by atoms with Crippen molar-refractivity contribution in [3.63, 3.8) is 0 Å². The summed E-state index contributed by atoms with van der Waals surface area (Å²) in [5, 5.41) is 5.67. The lowest BCUT2D eigenvalue weighted by molar-refractivity contribution is 0.262. The molecule has 0 saturated heterocycles. The fraction of sp³-hybridized carbons (Fsp3) is 0.278. The molecule has 2 amide bonds. The van der Waals surface area contributed by atoms with Crippen LogP contribution in [-0.4, -0.2) is 6.03 Å². The Labute approximate surface area is 131 Å². The average Bonchev–Trinajstić information content (AvgIpc) is 2.49. The third-order valence-electron chi connectivity index (χ3n) is 3.68. The number of rotatable bonds is 4. The first-order chi connectivity index (χ1) is 10.5. The van der Waals surface area contributed by atoms with Gasteiger partial charge in [-0.05, 0) is 61.2 Å². The molecule has 2 rings (SSSR count). The van der Waals surface area contributed by atoms with E-state index in [2.05, 4.69) is 24.5 Å². The van der Waals surface area contributed by atoms with E-state index in [1.54, 1.807) is 0 Å². The molecule has 4 heteroatoms. The van der Waals surface area contributed by atoms with Gasteiger partial charge in [-0.15, -0.1) is 0 Å². The predicted octanol–water partition coefficient (Wildman–Crippen LogP) is 4.22. The highest BCUT2D eigenvalue weighted by atomic mass is 16.2. The van der Waals surface area contributed by atoms with Gasteiger partial charge >= 0.3 is 6.03 Å². The summed E-state index contributed by atoms with van der Waals surface area (Å²) in [5.74, 6) is 0. The molecule has 1 atom stereocenters. The van der Waals surface area contributed by atoms with E-state index in [0.717, 1.165) is 23.4 Å². The molecule has 0 bridgehead atoms. The maximum Gasteiger partial charge on any atom is 0.323 e. The van der Waals surface area contributed by atoms with Crippen molar-refractivity contribution in [3.05, 3.63) is 59.2 Å². The van der Waals surface area contributed by atoms with Crippen molar-refractivity contribution in [2.45, 2.75) is 33.2 Å². The van der Waals surface area contributed by atoms with E-state index < -0.39 is 0 Å². The third kappa shape index (κ3) is 4.09. The van der Waals surface area contributed by atoms with Crippen LogP contribution in [0.2, 0.25) is 0 Å². The van der Waals surface area contributed by atoms with E-state index in [-0.39, 0.29) is 12.1 Å². The Kier molecular flexibility index (Phi) is 5.17. The highest BCUT2D eigenvalue weighted by Crippen LogP contribution is 2.17. The van der Waals surface area contributed by atoms with Gasteiger partial charge in [-0.25, -0.2) is 4.79 Å². The topological polar surface area (TPSA) is 67.2 Å². The summed E-state index contributed by atoms with van der Waals surface area (Å²) in [6, 6.07) is 13.2. The second-order valence-electron chi connectivity index (χ2n) is 5.48. The van der Waals surface area contributed by atoms with Crippen LogP contribution in [0.5, 0.6) is 0 Å². The first-order valence-corrected chi connectivity index (χ1v) is 7.52. The second-order valence-corrected chi connectivity index (χ2v) is 5.48. The molecule has 4 N–H and O–H groups in total.